The Morgan fingerprint density at radius 1 is 1.38 bits per heavy atom. The fraction of sp³-hybridized carbons (Fsp3) is 0.429. The van der Waals surface area contributed by atoms with E-state index in [-0.39, 0.29) is 11.7 Å². The molecule has 21 heavy (non-hydrogen) atoms. The molecule has 2 N–H and O–H groups in total. The lowest BCUT2D eigenvalue weighted by molar-refractivity contribution is -0.140. The first kappa shape index (κ1) is 17.7. The number of hydrogen-bond acceptors (Lipinski definition) is 3. The van der Waals surface area contributed by atoms with Crippen LogP contribution < -0.4 is 10.6 Å². The van der Waals surface area contributed by atoms with Crippen LogP contribution in [-0.4, -0.2) is 24.7 Å². The lowest BCUT2D eigenvalue weighted by Gasteiger charge is -2.11. The summed E-state index contributed by atoms with van der Waals surface area (Å²) in [5.41, 5.74) is 0.241. The highest BCUT2D eigenvalue weighted by Crippen LogP contribution is 2.19. The summed E-state index contributed by atoms with van der Waals surface area (Å²) in [7, 11) is 1.38. The SMILES string of the molecule is COC(=O)CCCCCNC(=S)Nc1cc(Cl)ccc1F. The van der Waals surface area contributed by atoms with E-state index in [4.69, 9.17) is 23.8 Å². The van der Waals surface area contributed by atoms with Crippen molar-refractivity contribution >= 4 is 40.6 Å². The Labute approximate surface area is 134 Å². The van der Waals surface area contributed by atoms with Crippen molar-refractivity contribution in [3.63, 3.8) is 0 Å². The molecule has 0 amide bonds. The zero-order valence-electron chi connectivity index (χ0n) is 11.7. The predicted octanol–water partition coefficient (Wildman–Crippen LogP) is 3.50. The first-order valence-corrected chi connectivity index (χ1v) is 7.38. The van der Waals surface area contributed by atoms with Crippen LogP contribution in [0, 0.1) is 5.82 Å². The molecule has 0 aliphatic carbocycles. The van der Waals surface area contributed by atoms with E-state index in [1.54, 1.807) is 0 Å². The molecule has 1 aromatic carbocycles. The van der Waals surface area contributed by atoms with Gasteiger partial charge in [-0.1, -0.05) is 18.0 Å². The normalized spacial score (nSPS) is 10.0. The number of thiocarbonyl (C=S) groups is 1. The van der Waals surface area contributed by atoms with Gasteiger partial charge in [0.05, 0.1) is 12.8 Å². The smallest absolute Gasteiger partial charge is 0.305 e. The van der Waals surface area contributed by atoms with Gasteiger partial charge in [-0.2, -0.15) is 0 Å². The maximum Gasteiger partial charge on any atom is 0.305 e. The molecule has 4 nitrogen and oxygen atoms in total. The maximum absolute atomic E-state index is 13.5. The van der Waals surface area contributed by atoms with Crippen LogP contribution in [0.1, 0.15) is 25.7 Å². The molecule has 0 fully saturated rings. The summed E-state index contributed by atoms with van der Waals surface area (Å²) in [5.74, 6) is -0.613. The molecule has 0 unspecified atom stereocenters. The summed E-state index contributed by atoms with van der Waals surface area (Å²) in [6, 6.07) is 4.22. The van der Waals surface area contributed by atoms with Gasteiger partial charge in [0.25, 0.3) is 0 Å². The number of methoxy groups -OCH3 is 1. The number of carbonyl (C=O) groups excluding carboxylic acids is 1. The summed E-state index contributed by atoms with van der Waals surface area (Å²) in [6.07, 6.45) is 2.94. The van der Waals surface area contributed by atoms with E-state index in [0.29, 0.717) is 23.1 Å². The number of unbranched alkanes of at least 4 members (excludes halogenated alkanes) is 2. The second kappa shape index (κ2) is 9.52. The minimum atomic E-state index is -0.415. The number of halogens is 2. The monoisotopic (exact) mass is 332 g/mol. The second-order valence-electron chi connectivity index (χ2n) is 4.39. The molecular formula is C14H18ClFN2O2S. The van der Waals surface area contributed by atoms with Crippen molar-refractivity contribution in [1.29, 1.82) is 0 Å². The van der Waals surface area contributed by atoms with E-state index in [2.05, 4.69) is 15.4 Å². The minimum Gasteiger partial charge on any atom is -0.469 e. The van der Waals surface area contributed by atoms with Gasteiger partial charge in [0.15, 0.2) is 5.11 Å². The van der Waals surface area contributed by atoms with E-state index < -0.39 is 5.82 Å². The van der Waals surface area contributed by atoms with Gasteiger partial charge in [-0.3, -0.25) is 4.79 Å². The Hall–Kier alpha value is -1.40. The van der Waals surface area contributed by atoms with Crippen LogP contribution in [0.15, 0.2) is 18.2 Å². The summed E-state index contributed by atoms with van der Waals surface area (Å²) >= 11 is 10.9. The van der Waals surface area contributed by atoms with Crippen molar-refractivity contribution < 1.29 is 13.9 Å². The molecule has 116 valence electrons. The molecule has 0 saturated heterocycles. The Balaban J connectivity index is 2.20. The number of rotatable bonds is 7. The predicted molar refractivity (Wildman–Crippen MR) is 86.1 cm³/mol. The molecule has 0 aliphatic heterocycles. The molecule has 0 atom stereocenters. The maximum atomic E-state index is 13.5. The fourth-order valence-electron chi connectivity index (χ4n) is 1.63. The molecule has 0 bridgehead atoms. The molecule has 0 aliphatic rings. The van der Waals surface area contributed by atoms with Crippen molar-refractivity contribution in [3.8, 4) is 0 Å². The molecule has 7 heteroatoms. The molecule has 1 rings (SSSR count). The first-order valence-electron chi connectivity index (χ1n) is 6.59. The third-order valence-corrected chi connectivity index (χ3v) is 3.23. The first-order chi connectivity index (χ1) is 10.0. The van der Waals surface area contributed by atoms with Gasteiger partial charge in [0.2, 0.25) is 0 Å². The van der Waals surface area contributed by atoms with Crippen LogP contribution in [0.3, 0.4) is 0 Å². The van der Waals surface area contributed by atoms with Crippen molar-refractivity contribution in [2.45, 2.75) is 25.7 Å². The molecule has 1 aromatic rings. The highest BCUT2D eigenvalue weighted by molar-refractivity contribution is 7.80. The standard InChI is InChI=1S/C14H18ClFN2O2S/c1-20-13(19)5-3-2-4-8-17-14(21)18-12-9-10(15)6-7-11(12)16/h6-7,9H,2-5,8H2,1H3,(H2,17,18,21). The second-order valence-corrected chi connectivity index (χ2v) is 5.24. The third kappa shape index (κ3) is 7.24. The van der Waals surface area contributed by atoms with E-state index in [1.165, 1.54) is 25.3 Å². The summed E-state index contributed by atoms with van der Waals surface area (Å²) in [6.45, 7) is 0.648. The lowest BCUT2D eigenvalue weighted by atomic mass is 10.2. The average molecular weight is 333 g/mol. The number of anilines is 1. The largest absolute Gasteiger partial charge is 0.469 e. The van der Waals surface area contributed by atoms with Gasteiger partial charge in [0.1, 0.15) is 5.82 Å². The van der Waals surface area contributed by atoms with Gasteiger partial charge in [-0.05, 0) is 43.3 Å². The number of hydrogen-bond donors (Lipinski definition) is 2. The van der Waals surface area contributed by atoms with Crippen LogP contribution >= 0.6 is 23.8 Å². The van der Waals surface area contributed by atoms with Gasteiger partial charge < -0.3 is 15.4 Å². The average Bonchev–Trinajstić information content (AvgIpc) is 2.46. The van der Waals surface area contributed by atoms with Crippen LogP contribution in [0.4, 0.5) is 10.1 Å². The Morgan fingerprint density at radius 3 is 2.86 bits per heavy atom. The molecular weight excluding hydrogens is 315 g/mol. The highest BCUT2D eigenvalue weighted by atomic mass is 35.5. The molecule has 0 saturated carbocycles. The number of benzene rings is 1. The molecule has 0 radical (unpaired) electrons. The Kier molecular flexibility index (Phi) is 8.00. The van der Waals surface area contributed by atoms with Gasteiger partial charge in [0, 0.05) is 18.0 Å². The van der Waals surface area contributed by atoms with Crippen molar-refractivity contribution in [2.75, 3.05) is 19.0 Å². The number of nitrogens with one attached hydrogen (secondary N) is 2. The lowest BCUT2D eigenvalue weighted by Crippen LogP contribution is -2.29. The topological polar surface area (TPSA) is 50.4 Å². The Bertz CT molecular complexity index is 500. The van der Waals surface area contributed by atoms with E-state index in [1.807, 2.05) is 0 Å². The number of ether oxygens (including phenoxy) is 1. The van der Waals surface area contributed by atoms with E-state index >= 15 is 0 Å². The van der Waals surface area contributed by atoms with E-state index in [9.17, 15) is 9.18 Å². The number of carbonyl (C=O) groups is 1. The van der Waals surface area contributed by atoms with Crippen LogP contribution in [0.5, 0.6) is 0 Å². The highest BCUT2D eigenvalue weighted by Gasteiger charge is 2.05. The van der Waals surface area contributed by atoms with Crippen molar-refractivity contribution in [3.05, 3.63) is 29.0 Å². The third-order valence-electron chi connectivity index (χ3n) is 2.75. The van der Waals surface area contributed by atoms with Gasteiger partial charge in [-0.15, -0.1) is 0 Å². The van der Waals surface area contributed by atoms with Gasteiger partial charge in [-0.25, -0.2) is 4.39 Å². The van der Waals surface area contributed by atoms with Crippen LogP contribution in [-0.2, 0) is 9.53 Å². The molecule has 0 aromatic heterocycles. The summed E-state index contributed by atoms with van der Waals surface area (Å²) in [4.78, 5) is 10.9. The summed E-state index contributed by atoms with van der Waals surface area (Å²) in [5, 5.41) is 6.50. The zero-order valence-corrected chi connectivity index (χ0v) is 13.3. The minimum absolute atomic E-state index is 0.198. The Morgan fingerprint density at radius 2 is 2.14 bits per heavy atom. The number of esters is 1. The molecule has 0 spiro atoms. The summed E-state index contributed by atoms with van der Waals surface area (Å²) < 4.78 is 18.0. The fourth-order valence-corrected chi connectivity index (χ4v) is 2.02. The van der Waals surface area contributed by atoms with Crippen LogP contribution in [0.25, 0.3) is 0 Å². The molecule has 0 heterocycles. The van der Waals surface area contributed by atoms with Crippen LogP contribution in [0.2, 0.25) is 5.02 Å². The van der Waals surface area contributed by atoms with Crippen molar-refractivity contribution in [2.24, 2.45) is 0 Å². The zero-order chi connectivity index (χ0) is 15.7. The van der Waals surface area contributed by atoms with E-state index in [0.717, 1.165) is 19.3 Å². The quantitative estimate of drug-likeness (QED) is 0.454. The van der Waals surface area contributed by atoms with Crippen molar-refractivity contribution in [1.82, 2.24) is 5.32 Å². The van der Waals surface area contributed by atoms with Gasteiger partial charge >= 0.3 is 5.97 Å².